The van der Waals surface area contributed by atoms with Gasteiger partial charge in [0.1, 0.15) is 5.82 Å². The Morgan fingerprint density at radius 3 is 2.67 bits per heavy atom. The number of anilines is 1. The van der Waals surface area contributed by atoms with Gasteiger partial charge in [-0.3, -0.25) is 9.69 Å². The van der Waals surface area contributed by atoms with Gasteiger partial charge in [0.2, 0.25) is 5.91 Å². The number of rotatable bonds is 1. The minimum atomic E-state index is 0.116. The largest absolute Gasteiger partial charge is 0.294 e. The van der Waals surface area contributed by atoms with Crippen LogP contribution in [0.2, 0.25) is 0 Å². The van der Waals surface area contributed by atoms with Gasteiger partial charge >= 0.3 is 0 Å². The summed E-state index contributed by atoms with van der Waals surface area (Å²) in [4.78, 5) is 17.9. The highest BCUT2D eigenvalue weighted by molar-refractivity contribution is 9.10. The van der Waals surface area contributed by atoms with E-state index in [4.69, 9.17) is 0 Å². The first-order chi connectivity index (χ1) is 7.09. The van der Waals surface area contributed by atoms with Crippen molar-refractivity contribution in [3.05, 3.63) is 22.8 Å². The molecule has 2 rings (SSSR count). The van der Waals surface area contributed by atoms with Crippen LogP contribution in [0.25, 0.3) is 0 Å². The molecular weight excluding hydrogens is 256 g/mol. The number of amides is 1. The van der Waals surface area contributed by atoms with Gasteiger partial charge in [0.05, 0.1) is 0 Å². The molecule has 1 aliphatic heterocycles. The van der Waals surface area contributed by atoms with Crippen molar-refractivity contribution in [3.63, 3.8) is 0 Å². The number of pyridine rings is 1. The predicted molar refractivity (Wildman–Crippen MR) is 62.7 cm³/mol. The predicted octanol–water partition coefficient (Wildman–Crippen LogP) is 2.61. The van der Waals surface area contributed by atoms with E-state index in [0.717, 1.165) is 16.7 Å². The second-order valence-corrected chi connectivity index (χ2v) is 4.94. The minimum Gasteiger partial charge on any atom is -0.294 e. The summed E-state index contributed by atoms with van der Waals surface area (Å²) in [5.41, 5.74) is 0. The smallest absolute Gasteiger partial charge is 0.231 e. The number of carbonyl (C=O) groups is 1. The van der Waals surface area contributed by atoms with E-state index in [1.54, 1.807) is 11.1 Å². The zero-order valence-electron chi connectivity index (χ0n) is 8.77. The Balaban J connectivity index is 2.31. The molecule has 0 aliphatic carbocycles. The van der Waals surface area contributed by atoms with Crippen LogP contribution in [0.15, 0.2) is 22.8 Å². The van der Waals surface area contributed by atoms with Crippen molar-refractivity contribution < 1.29 is 4.79 Å². The van der Waals surface area contributed by atoms with E-state index >= 15 is 0 Å². The van der Waals surface area contributed by atoms with Crippen molar-refractivity contribution in [1.82, 2.24) is 4.98 Å². The van der Waals surface area contributed by atoms with E-state index in [2.05, 4.69) is 27.8 Å². The number of hydrogen-bond acceptors (Lipinski definition) is 2. The molecule has 0 aromatic carbocycles. The van der Waals surface area contributed by atoms with Crippen molar-refractivity contribution in [2.24, 2.45) is 5.92 Å². The molecule has 0 N–H and O–H groups in total. The molecule has 1 amide bonds. The quantitative estimate of drug-likeness (QED) is 0.785. The first-order valence-electron chi connectivity index (χ1n) is 5.04. The van der Waals surface area contributed by atoms with Crippen LogP contribution < -0.4 is 4.90 Å². The Labute approximate surface area is 97.6 Å². The van der Waals surface area contributed by atoms with E-state index in [0.29, 0.717) is 0 Å². The lowest BCUT2D eigenvalue weighted by molar-refractivity contribution is -0.120. The third-order valence-corrected chi connectivity index (χ3v) is 3.22. The molecule has 0 bridgehead atoms. The summed E-state index contributed by atoms with van der Waals surface area (Å²) in [6.45, 7) is 4.03. The number of carbonyl (C=O) groups excluding carboxylic acids is 1. The Hall–Kier alpha value is -0.900. The van der Waals surface area contributed by atoms with E-state index in [9.17, 15) is 4.79 Å². The van der Waals surface area contributed by atoms with Crippen molar-refractivity contribution >= 4 is 27.7 Å². The SMILES string of the molecule is CC1CC(C)N(c2ccc(Br)cn2)C1=O. The third-order valence-electron chi connectivity index (χ3n) is 2.75. The molecule has 0 saturated carbocycles. The Morgan fingerprint density at radius 1 is 1.47 bits per heavy atom. The highest BCUT2D eigenvalue weighted by atomic mass is 79.9. The molecule has 80 valence electrons. The normalized spacial score (nSPS) is 26.1. The fourth-order valence-corrected chi connectivity index (χ4v) is 2.26. The molecule has 1 aliphatic rings. The second kappa shape index (κ2) is 3.93. The molecule has 1 aromatic rings. The maximum Gasteiger partial charge on any atom is 0.231 e. The standard InChI is InChI=1S/C11H13BrN2O/c1-7-5-8(2)14(11(7)15)10-4-3-9(12)6-13-10/h3-4,6-8H,5H2,1-2H3. The second-order valence-electron chi connectivity index (χ2n) is 4.03. The van der Waals surface area contributed by atoms with Gasteiger partial charge in [0, 0.05) is 22.6 Å². The van der Waals surface area contributed by atoms with Crippen molar-refractivity contribution in [1.29, 1.82) is 0 Å². The summed E-state index contributed by atoms with van der Waals surface area (Å²) in [6.07, 6.45) is 2.63. The van der Waals surface area contributed by atoms with E-state index in [1.165, 1.54) is 0 Å². The van der Waals surface area contributed by atoms with Gasteiger partial charge in [-0.05, 0) is 41.4 Å². The van der Waals surface area contributed by atoms with Gasteiger partial charge in [-0.25, -0.2) is 4.98 Å². The average molecular weight is 269 g/mol. The van der Waals surface area contributed by atoms with E-state index in [-0.39, 0.29) is 17.9 Å². The number of hydrogen-bond donors (Lipinski definition) is 0. The summed E-state index contributed by atoms with van der Waals surface area (Å²) < 4.78 is 0.929. The molecular formula is C11H13BrN2O. The van der Waals surface area contributed by atoms with Gasteiger partial charge in [-0.15, -0.1) is 0 Å². The Morgan fingerprint density at radius 2 is 2.20 bits per heavy atom. The van der Waals surface area contributed by atoms with Crippen molar-refractivity contribution in [2.75, 3.05) is 4.90 Å². The fraction of sp³-hybridized carbons (Fsp3) is 0.455. The van der Waals surface area contributed by atoms with Gasteiger partial charge in [0.15, 0.2) is 0 Å². The lowest BCUT2D eigenvalue weighted by Gasteiger charge is -2.20. The van der Waals surface area contributed by atoms with Gasteiger partial charge < -0.3 is 0 Å². The summed E-state index contributed by atoms with van der Waals surface area (Å²) in [7, 11) is 0. The van der Waals surface area contributed by atoms with Crippen LogP contribution >= 0.6 is 15.9 Å². The summed E-state index contributed by atoms with van der Waals surface area (Å²) in [5.74, 6) is 1.04. The van der Waals surface area contributed by atoms with E-state index in [1.807, 2.05) is 19.1 Å². The number of halogens is 1. The summed E-state index contributed by atoms with van der Waals surface area (Å²) in [6, 6.07) is 4.03. The lowest BCUT2D eigenvalue weighted by atomic mass is 10.1. The van der Waals surface area contributed by atoms with Gasteiger partial charge in [0.25, 0.3) is 0 Å². The zero-order chi connectivity index (χ0) is 11.0. The Kier molecular flexibility index (Phi) is 2.78. The zero-order valence-corrected chi connectivity index (χ0v) is 10.4. The third kappa shape index (κ3) is 1.91. The number of aromatic nitrogens is 1. The first-order valence-corrected chi connectivity index (χ1v) is 5.83. The van der Waals surface area contributed by atoms with Crippen LogP contribution in [0.1, 0.15) is 20.3 Å². The van der Waals surface area contributed by atoms with Crippen LogP contribution in [0.5, 0.6) is 0 Å². The molecule has 0 radical (unpaired) electrons. The number of nitrogens with zero attached hydrogens (tertiary/aromatic N) is 2. The molecule has 1 fully saturated rings. The molecule has 1 aromatic heterocycles. The lowest BCUT2D eigenvalue weighted by Crippen LogP contribution is -2.32. The van der Waals surface area contributed by atoms with Crippen LogP contribution in [0.4, 0.5) is 5.82 Å². The minimum absolute atomic E-state index is 0.116. The highest BCUT2D eigenvalue weighted by Gasteiger charge is 2.35. The molecule has 0 spiro atoms. The maximum atomic E-state index is 11.9. The molecule has 2 heterocycles. The molecule has 4 heteroatoms. The molecule has 2 unspecified atom stereocenters. The molecule has 1 saturated heterocycles. The van der Waals surface area contributed by atoms with E-state index < -0.39 is 0 Å². The van der Waals surface area contributed by atoms with Crippen LogP contribution in [0, 0.1) is 5.92 Å². The summed E-state index contributed by atoms with van der Waals surface area (Å²) in [5, 5.41) is 0. The van der Waals surface area contributed by atoms with Crippen LogP contribution in [-0.4, -0.2) is 16.9 Å². The Bertz CT molecular complexity index is 377. The van der Waals surface area contributed by atoms with Gasteiger partial charge in [-0.1, -0.05) is 6.92 Å². The summed E-state index contributed by atoms with van der Waals surface area (Å²) >= 11 is 3.33. The van der Waals surface area contributed by atoms with Crippen LogP contribution in [-0.2, 0) is 4.79 Å². The molecule has 2 atom stereocenters. The molecule has 3 nitrogen and oxygen atoms in total. The monoisotopic (exact) mass is 268 g/mol. The highest BCUT2D eigenvalue weighted by Crippen LogP contribution is 2.28. The van der Waals surface area contributed by atoms with Crippen molar-refractivity contribution in [3.8, 4) is 0 Å². The molecule has 15 heavy (non-hydrogen) atoms. The fourth-order valence-electron chi connectivity index (χ4n) is 2.02. The van der Waals surface area contributed by atoms with Crippen molar-refractivity contribution in [2.45, 2.75) is 26.3 Å². The van der Waals surface area contributed by atoms with Gasteiger partial charge in [-0.2, -0.15) is 0 Å². The first kappa shape index (κ1) is 10.6. The van der Waals surface area contributed by atoms with Crippen LogP contribution in [0.3, 0.4) is 0 Å². The maximum absolute atomic E-state index is 11.9. The average Bonchev–Trinajstić information content (AvgIpc) is 2.44. The topological polar surface area (TPSA) is 33.2 Å².